The molecule has 0 saturated carbocycles. The number of methoxy groups -OCH3 is 4. The van der Waals surface area contributed by atoms with Gasteiger partial charge in [0.25, 0.3) is 5.91 Å². The molecular formula is C18H21NO5. The highest BCUT2D eigenvalue weighted by Gasteiger charge is 2.16. The van der Waals surface area contributed by atoms with E-state index in [4.69, 9.17) is 18.9 Å². The van der Waals surface area contributed by atoms with E-state index in [2.05, 4.69) is 5.32 Å². The van der Waals surface area contributed by atoms with E-state index in [0.717, 1.165) is 5.56 Å². The summed E-state index contributed by atoms with van der Waals surface area (Å²) in [7, 11) is 6.23. The topological polar surface area (TPSA) is 66.0 Å². The summed E-state index contributed by atoms with van der Waals surface area (Å²) in [5.74, 6) is 2.12. The first-order chi connectivity index (χ1) is 11.6. The molecule has 0 aliphatic heterocycles. The monoisotopic (exact) mass is 331 g/mol. The zero-order valence-electron chi connectivity index (χ0n) is 14.2. The molecule has 0 spiro atoms. The SMILES string of the molecule is COc1ccc(C(=O)NCc2ccc(OC)c(OC)c2OC)cc1. The van der Waals surface area contributed by atoms with E-state index in [9.17, 15) is 4.79 Å². The zero-order chi connectivity index (χ0) is 17.5. The molecule has 6 heteroatoms. The Kier molecular flexibility index (Phi) is 5.89. The first-order valence-electron chi connectivity index (χ1n) is 7.34. The van der Waals surface area contributed by atoms with Crippen LogP contribution in [0.2, 0.25) is 0 Å². The fourth-order valence-electron chi connectivity index (χ4n) is 2.32. The largest absolute Gasteiger partial charge is 0.497 e. The molecule has 0 bridgehead atoms. The number of carbonyl (C=O) groups excluding carboxylic acids is 1. The summed E-state index contributed by atoms with van der Waals surface area (Å²) in [6, 6.07) is 10.5. The second-order valence-electron chi connectivity index (χ2n) is 4.90. The maximum Gasteiger partial charge on any atom is 0.251 e. The average molecular weight is 331 g/mol. The molecule has 128 valence electrons. The van der Waals surface area contributed by atoms with Gasteiger partial charge >= 0.3 is 0 Å². The Balaban J connectivity index is 2.14. The van der Waals surface area contributed by atoms with Crippen molar-refractivity contribution in [2.75, 3.05) is 28.4 Å². The lowest BCUT2D eigenvalue weighted by Crippen LogP contribution is -2.23. The fourth-order valence-corrected chi connectivity index (χ4v) is 2.32. The van der Waals surface area contributed by atoms with Crippen LogP contribution in [0.1, 0.15) is 15.9 Å². The van der Waals surface area contributed by atoms with Crippen molar-refractivity contribution in [1.29, 1.82) is 0 Å². The maximum absolute atomic E-state index is 12.2. The predicted octanol–water partition coefficient (Wildman–Crippen LogP) is 2.65. The molecule has 0 heterocycles. The minimum absolute atomic E-state index is 0.186. The molecule has 0 atom stereocenters. The second-order valence-corrected chi connectivity index (χ2v) is 4.90. The van der Waals surface area contributed by atoms with Crippen LogP contribution in [0.15, 0.2) is 36.4 Å². The van der Waals surface area contributed by atoms with Crippen molar-refractivity contribution in [1.82, 2.24) is 5.32 Å². The lowest BCUT2D eigenvalue weighted by molar-refractivity contribution is 0.0950. The average Bonchev–Trinajstić information content (AvgIpc) is 2.64. The molecule has 0 aliphatic rings. The Bertz CT molecular complexity index is 697. The highest BCUT2D eigenvalue weighted by molar-refractivity contribution is 5.94. The summed E-state index contributed by atoms with van der Waals surface area (Å²) in [6.07, 6.45) is 0. The smallest absolute Gasteiger partial charge is 0.251 e. The van der Waals surface area contributed by atoms with Gasteiger partial charge in [0.1, 0.15) is 5.75 Å². The Morgan fingerprint density at radius 3 is 2.04 bits per heavy atom. The van der Waals surface area contributed by atoms with Crippen molar-refractivity contribution in [3.05, 3.63) is 47.5 Å². The van der Waals surface area contributed by atoms with Crippen LogP contribution in [0.25, 0.3) is 0 Å². The standard InChI is InChI=1S/C18H21NO5/c1-21-14-8-5-12(6-9-14)18(20)19-11-13-7-10-15(22-2)17(24-4)16(13)23-3/h5-10H,11H2,1-4H3,(H,19,20). The Labute approximate surface area is 141 Å². The molecule has 0 aromatic heterocycles. The normalized spacial score (nSPS) is 10.0. The fraction of sp³-hybridized carbons (Fsp3) is 0.278. The highest BCUT2D eigenvalue weighted by atomic mass is 16.5. The molecule has 2 aromatic carbocycles. The van der Waals surface area contributed by atoms with E-state index in [1.807, 2.05) is 6.07 Å². The van der Waals surface area contributed by atoms with Crippen LogP contribution in [0.5, 0.6) is 23.0 Å². The summed E-state index contributed by atoms with van der Waals surface area (Å²) >= 11 is 0. The van der Waals surface area contributed by atoms with Gasteiger partial charge in [-0.2, -0.15) is 0 Å². The van der Waals surface area contributed by atoms with E-state index in [-0.39, 0.29) is 5.91 Å². The van der Waals surface area contributed by atoms with Crippen LogP contribution in [0, 0.1) is 0 Å². The number of hydrogen-bond donors (Lipinski definition) is 1. The molecular weight excluding hydrogens is 310 g/mol. The predicted molar refractivity (Wildman–Crippen MR) is 90.3 cm³/mol. The van der Waals surface area contributed by atoms with E-state index < -0.39 is 0 Å². The molecule has 0 unspecified atom stereocenters. The first kappa shape index (κ1) is 17.5. The number of carbonyl (C=O) groups is 1. The minimum atomic E-state index is -0.186. The van der Waals surface area contributed by atoms with Crippen LogP contribution in [0.3, 0.4) is 0 Å². The first-order valence-corrected chi connectivity index (χ1v) is 7.34. The van der Waals surface area contributed by atoms with E-state index in [1.165, 1.54) is 0 Å². The molecule has 1 amide bonds. The van der Waals surface area contributed by atoms with Gasteiger partial charge in [-0.25, -0.2) is 0 Å². The second kappa shape index (κ2) is 8.10. The van der Waals surface area contributed by atoms with Crippen LogP contribution in [-0.4, -0.2) is 34.3 Å². The molecule has 0 aliphatic carbocycles. The summed E-state index contributed by atoms with van der Waals surface area (Å²) in [5.41, 5.74) is 1.34. The maximum atomic E-state index is 12.2. The number of hydrogen-bond acceptors (Lipinski definition) is 5. The highest BCUT2D eigenvalue weighted by Crippen LogP contribution is 2.39. The Hall–Kier alpha value is -2.89. The zero-order valence-corrected chi connectivity index (χ0v) is 14.2. The van der Waals surface area contributed by atoms with Crippen LogP contribution in [0.4, 0.5) is 0 Å². The molecule has 2 rings (SSSR count). The van der Waals surface area contributed by atoms with Gasteiger partial charge < -0.3 is 24.3 Å². The van der Waals surface area contributed by atoms with Gasteiger partial charge in [0.2, 0.25) is 5.75 Å². The molecule has 0 radical (unpaired) electrons. The summed E-state index contributed by atoms with van der Waals surface area (Å²) in [4.78, 5) is 12.2. The van der Waals surface area contributed by atoms with Crippen LogP contribution >= 0.6 is 0 Å². The van der Waals surface area contributed by atoms with Gasteiger partial charge in [0.05, 0.1) is 28.4 Å². The quantitative estimate of drug-likeness (QED) is 0.845. The van der Waals surface area contributed by atoms with Gasteiger partial charge in [-0.1, -0.05) is 0 Å². The molecule has 24 heavy (non-hydrogen) atoms. The number of ether oxygens (including phenoxy) is 4. The minimum Gasteiger partial charge on any atom is -0.497 e. The van der Waals surface area contributed by atoms with Gasteiger partial charge in [-0.3, -0.25) is 4.79 Å². The third-order valence-corrected chi connectivity index (χ3v) is 3.58. The number of amides is 1. The van der Waals surface area contributed by atoms with Crippen molar-refractivity contribution in [2.45, 2.75) is 6.54 Å². The van der Waals surface area contributed by atoms with Crippen molar-refractivity contribution in [2.24, 2.45) is 0 Å². The summed E-state index contributed by atoms with van der Waals surface area (Å²) < 4.78 is 21.1. The Morgan fingerprint density at radius 2 is 1.50 bits per heavy atom. The number of benzene rings is 2. The molecule has 1 N–H and O–H groups in total. The van der Waals surface area contributed by atoms with E-state index in [0.29, 0.717) is 35.1 Å². The van der Waals surface area contributed by atoms with Crippen molar-refractivity contribution >= 4 is 5.91 Å². The number of nitrogens with one attached hydrogen (secondary N) is 1. The lowest BCUT2D eigenvalue weighted by atomic mass is 10.1. The lowest BCUT2D eigenvalue weighted by Gasteiger charge is -2.16. The third kappa shape index (κ3) is 3.71. The van der Waals surface area contributed by atoms with Crippen LogP contribution < -0.4 is 24.3 Å². The summed E-state index contributed by atoms with van der Waals surface area (Å²) in [5, 5.41) is 2.86. The summed E-state index contributed by atoms with van der Waals surface area (Å²) in [6.45, 7) is 0.300. The van der Waals surface area contributed by atoms with Crippen molar-refractivity contribution < 1.29 is 23.7 Å². The van der Waals surface area contributed by atoms with Gasteiger partial charge in [-0.05, 0) is 36.4 Å². The van der Waals surface area contributed by atoms with Crippen molar-refractivity contribution in [3.8, 4) is 23.0 Å². The third-order valence-electron chi connectivity index (χ3n) is 3.58. The van der Waals surface area contributed by atoms with Gasteiger partial charge in [0.15, 0.2) is 11.5 Å². The Morgan fingerprint density at radius 1 is 0.833 bits per heavy atom. The molecule has 6 nitrogen and oxygen atoms in total. The van der Waals surface area contributed by atoms with Gasteiger partial charge in [0, 0.05) is 17.7 Å². The molecule has 2 aromatic rings. The van der Waals surface area contributed by atoms with E-state index >= 15 is 0 Å². The molecule has 0 saturated heterocycles. The molecule has 0 fully saturated rings. The van der Waals surface area contributed by atoms with Crippen LogP contribution in [-0.2, 0) is 6.54 Å². The van der Waals surface area contributed by atoms with Crippen molar-refractivity contribution in [3.63, 3.8) is 0 Å². The van der Waals surface area contributed by atoms with E-state index in [1.54, 1.807) is 58.8 Å². The number of rotatable bonds is 7. The van der Waals surface area contributed by atoms with Gasteiger partial charge in [-0.15, -0.1) is 0 Å².